The molecule has 1 heterocycles. The van der Waals surface area contributed by atoms with Gasteiger partial charge >= 0.3 is 0 Å². The van der Waals surface area contributed by atoms with Crippen molar-refractivity contribution in [1.29, 1.82) is 0 Å². The molecule has 1 fully saturated rings. The van der Waals surface area contributed by atoms with Gasteiger partial charge in [0.1, 0.15) is 11.6 Å². The van der Waals surface area contributed by atoms with Crippen molar-refractivity contribution >= 4 is 0 Å². The molecule has 20 heavy (non-hydrogen) atoms. The molecule has 0 saturated carbocycles. The lowest BCUT2D eigenvalue weighted by Crippen LogP contribution is -2.58. The zero-order valence-electron chi connectivity index (χ0n) is 11.4. The number of halogens is 2. The molecule has 104 valence electrons. The molecule has 0 amide bonds. The minimum atomic E-state index is -0.455. The molecule has 2 aromatic carbocycles. The van der Waals surface area contributed by atoms with Gasteiger partial charge in [0.25, 0.3) is 0 Å². The van der Waals surface area contributed by atoms with Crippen molar-refractivity contribution in [3.8, 4) is 0 Å². The van der Waals surface area contributed by atoms with Crippen molar-refractivity contribution in [2.75, 3.05) is 13.1 Å². The van der Waals surface area contributed by atoms with E-state index in [1.807, 2.05) is 25.1 Å². The molecule has 0 atom stereocenters. The van der Waals surface area contributed by atoms with Crippen LogP contribution in [0.15, 0.2) is 42.5 Å². The molecule has 2 aromatic rings. The fourth-order valence-corrected chi connectivity index (χ4v) is 2.87. The van der Waals surface area contributed by atoms with Gasteiger partial charge in [0.05, 0.1) is 0 Å². The summed E-state index contributed by atoms with van der Waals surface area (Å²) in [6.07, 6.45) is 0.391. The predicted octanol–water partition coefficient (Wildman–Crippen LogP) is 3.36. The van der Waals surface area contributed by atoms with Crippen LogP contribution in [0.4, 0.5) is 8.78 Å². The van der Waals surface area contributed by atoms with Crippen molar-refractivity contribution in [3.63, 3.8) is 0 Å². The van der Waals surface area contributed by atoms with Crippen LogP contribution in [-0.2, 0) is 11.8 Å². The molecule has 3 rings (SSSR count). The summed E-state index contributed by atoms with van der Waals surface area (Å²) in [6, 6.07) is 12.3. The molecule has 3 heteroatoms. The Bertz CT molecular complexity index is 612. The second-order valence-electron chi connectivity index (χ2n) is 5.63. The number of hydrogen-bond acceptors (Lipinski definition) is 1. The Labute approximate surface area is 117 Å². The van der Waals surface area contributed by atoms with E-state index in [1.165, 1.54) is 23.8 Å². The lowest BCUT2D eigenvalue weighted by atomic mass is 9.70. The molecular formula is C17H17F2N. The first-order valence-electron chi connectivity index (χ1n) is 6.81. The maximum atomic E-state index is 13.9. The maximum absolute atomic E-state index is 13.9. The molecule has 0 unspecified atom stereocenters. The van der Waals surface area contributed by atoms with E-state index in [4.69, 9.17) is 0 Å². The molecule has 1 aliphatic heterocycles. The molecule has 1 aliphatic rings. The van der Waals surface area contributed by atoms with Gasteiger partial charge in [-0.2, -0.15) is 0 Å². The number of nitrogens with one attached hydrogen (secondary N) is 1. The summed E-state index contributed by atoms with van der Waals surface area (Å²) >= 11 is 0. The van der Waals surface area contributed by atoms with Gasteiger partial charge in [-0.3, -0.25) is 0 Å². The fourth-order valence-electron chi connectivity index (χ4n) is 2.87. The average Bonchev–Trinajstić information content (AvgIpc) is 2.36. The molecular weight excluding hydrogens is 256 g/mol. The van der Waals surface area contributed by atoms with Gasteiger partial charge in [-0.1, -0.05) is 35.9 Å². The van der Waals surface area contributed by atoms with Crippen LogP contribution in [0.2, 0.25) is 0 Å². The van der Waals surface area contributed by atoms with Crippen molar-refractivity contribution in [3.05, 3.63) is 70.8 Å². The van der Waals surface area contributed by atoms with E-state index in [1.54, 1.807) is 0 Å². The van der Waals surface area contributed by atoms with E-state index in [-0.39, 0.29) is 11.0 Å². The number of aryl methyl sites for hydroxylation is 1. The van der Waals surface area contributed by atoms with Crippen LogP contribution in [0.25, 0.3) is 0 Å². The molecule has 0 bridgehead atoms. The number of benzene rings is 2. The third-order valence-electron chi connectivity index (χ3n) is 4.13. The first kappa shape index (κ1) is 13.3. The van der Waals surface area contributed by atoms with Gasteiger partial charge in [-0.25, -0.2) is 8.78 Å². The Morgan fingerprint density at radius 2 is 1.70 bits per heavy atom. The summed E-state index contributed by atoms with van der Waals surface area (Å²) in [5, 5.41) is 3.23. The van der Waals surface area contributed by atoms with Gasteiger partial charge in [-0.15, -0.1) is 0 Å². The molecule has 1 saturated heterocycles. The third kappa shape index (κ3) is 2.22. The second-order valence-corrected chi connectivity index (χ2v) is 5.63. The van der Waals surface area contributed by atoms with Crippen molar-refractivity contribution in [2.45, 2.75) is 18.8 Å². The largest absolute Gasteiger partial charge is 0.315 e. The zero-order chi connectivity index (χ0) is 14.2. The van der Waals surface area contributed by atoms with Crippen LogP contribution >= 0.6 is 0 Å². The van der Waals surface area contributed by atoms with Crippen molar-refractivity contribution < 1.29 is 8.78 Å². The van der Waals surface area contributed by atoms with Gasteiger partial charge < -0.3 is 5.32 Å². The van der Waals surface area contributed by atoms with E-state index in [2.05, 4.69) is 11.4 Å². The van der Waals surface area contributed by atoms with Crippen LogP contribution in [-0.4, -0.2) is 13.1 Å². The predicted molar refractivity (Wildman–Crippen MR) is 75.8 cm³/mol. The van der Waals surface area contributed by atoms with Gasteiger partial charge in [0.15, 0.2) is 0 Å². The Kier molecular flexibility index (Phi) is 3.30. The third-order valence-corrected chi connectivity index (χ3v) is 4.13. The van der Waals surface area contributed by atoms with E-state index in [9.17, 15) is 8.78 Å². The molecule has 0 radical (unpaired) electrons. The average molecular weight is 273 g/mol. The Morgan fingerprint density at radius 3 is 2.25 bits per heavy atom. The molecule has 0 aliphatic carbocycles. The first-order valence-corrected chi connectivity index (χ1v) is 6.81. The van der Waals surface area contributed by atoms with Crippen LogP contribution in [0, 0.1) is 18.6 Å². The topological polar surface area (TPSA) is 12.0 Å². The van der Waals surface area contributed by atoms with E-state index in [0.29, 0.717) is 6.42 Å². The van der Waals surface area contributed by atoms with Crippen LogP contribution in [0.3, 0.4) is 0 Å². The first-order chi connectivity index (χ1) is 9.61. The lowest BCUT2D eigenvalue weighted by molar-refractivity contribution is 0.269. The highest BCUT2D eigenvalue weighted by Crippen LogP contribution is 2.34. The van der Waals surface area contributed by atoms with Crippen LogP contribution in [0.5, 0.6) is 0 Å². The highest BCUT2D eigenvalue weighted by atomic mass is 19.1. The Hall–Kier alpha value is -1.74. The smallest absolute Gasteiger partial charge is 0.129 e. The highest BCUT2D eigenvalue weighted by molar-refractivity contribution is 5.36. The monoisotopic (exact) mass is 273 g/mol. The van der Waals surface area contributed by atoms with Gasteiger partial charge in [-0.05, 0) is 31.0 Å². The zero-order valence-corrected chi connectivity index (χ0v) is 11.4. The Balaban J connectivity index is 1.98. The van der Waals surface area contributed by atoms with E-state index in [0.717, 1.165) is 18.7 Å². The summed E-state index contributed by atoms with van der Waals surface area (Å²) < 4.78 is 27.8. The fraction of sp³-hybridized carbons (Fsp3) is 0.294. The lowest BCUT2D eigenvalue weighted by Gasteiger charge is -2.43. The summed E-state index contributed by atoms with van der Waals surface area (Å²) in [5.41, 5.74) is 2.31. The van der Waals surface area contributed by atoms with Crippen molar-refractivity contribution in [1.82, 2.24) is 5.32 Å². The summed E-state index contributed by atoms with van der Waals surface area (Å²) in [5.74, 6) is -0.909. The molecule has 1 N–H and O–H groups in total. The minimum Gasteiger partial charge on any atom is -0.315 e. The van der Waals surface area contributed by atoms with Gasteiger partial charge in [0, 0.05) is 24.1 Å². The number of rotatable bonds is 3. The van der Waals surface area contributed by atoms with E-state index >= 15 is 0 Å². The van der Waals surface area contributed by atoms with Crippen molar-refractivity contribution in [2.24, 2.45) is 0 Å². The summed E-state index contributed by atoms with van der Waals surface area (Å²) in [6.45, 7) is 3.54. The SMILES string of the molecule is Cc1cccc(C2(Cc3c(F)cccc3F)CNC2)c1. The van der Waals surface area contributed by atoms with E-state index < -0.39 is 11.6 Å². The van der Waals surface area contributed by atoms with Crippen LogP contribution in [0.1, 0.15) is 16.7 Å². The molecule has 0 spiro atoms. The normalized spacial score (nSPS) is 16.8. The second kappa shape index (κ2) is 4.98. The highest BCUT2D eigenvalue weighted by Gasteiger charge is 2.40. The summed E-state index contributed by atoms with van der Waals surface area (Å²) in [4.78, 5) is 0. The quantitative estimate of drug-likeness (QED) is 0.904. The van der Waals surface area contributed by atoms with Gasteiger partial charge in [0.2, 0.25) is 0 Å². The van der Waals surface area contributed by atoms with Crippen LogP contribution < -0.4 is 5.32 Å². The number of hydrogen-bond donors (Lipinski definition) is 1. The molecule has 1 nitrogen and oxygen atoms in total. The maximum Gasteiger partial charge on any atom is 0.129 e. The minimum absolute atomic E-state index is 0.190. The molecule has 0 aromatic heterocycles. The Morgan fingerprint density at radius 1 is 1.05 bits per heavy atom. The standard InChI is InChI=1S/C17H17F2N/c1-12-4-2-5-13(8-12)17(10-20-11-17)9-14-15(18)6-3-7-16(14)19/h2-8,20H,9-11H2,1H3. The summed E-state index contributed by atoms with van der Waals surface area (Å²) in [7, 11) is 0.